The van der Waals surface area contributed by atoms with Crippen LogP contribution in [-0.2, 0) is 4.74 Å². The molecule has 1 aromatic rings. The Hall–Kier alpha value is -0.830. The van der Waals surface area contributed by atoms with Crippen LogP contribution in [0.2, 0.25) is 0 Å². The number of benzene rings is 1. The van der Waals surface area contributed by atoms with E-state index in [1.54, 1.807) is 0 Å². The predicted octanol–water partition coefficient (Wildman–Crippen LogP) is 2.24. The van der Waals surface area contributed by atoms with Crippen molar-refractivity contribution < 1.29 is 19.1 Å². The zero-order chi connectivity index (χ0) is 14.2. The standard InChI is InChI=1S/C8H7BrO2/c1-11-8(10)6-3-2-4-7(9)5-6/h2-5H,1H3/i1D3,2D,3D,4D,5D. The molecule has 0 unspecified atom stereocenters. The Labute approximate surface area is 83.1 Å². The van der Waals surface area contributed by atoms with Crippen LogP contribution in [0.4, 0.5) is 0 Å². The largest absolute Gasteiger partial charge is 0.465 e. The number of carbonyl (C=O) groups is 1. The second kappa shape index (κ2) is 3.53. The van der Waals surface area contributed by atoms with Gasteiger partial charge in [0, 0.05) is 4.47 Å². The molecular weight excluding hydrogens is 208 g/mol. The second-order valence-corrected chi connectivity index (χ2v) is 2.37. The minimum atomic E-state index is -3.00. The zero-order valence-electron chi connectivity index (χ0n) is 12.2. The summed E-state index contributed by atoms with van der Waals surface area (Å²) in [6, 6.07) is -2.26. The van der Waals surface area contributed by atoms with Gasteiger partial charge in [-0.25, -0.2) is 4.79 Å². The maximum Gasteiger partial charge on any atom is 0.337 e. The molecular formula is C8H7BrO2. The Bertz CT molecular complexity index is 482. The van der Waals surface area contributed by atoms with Gasteiger partial charge in [-0.2, -0.15) is 0 Å². The first kappa shape index (κ1) is 2.90. The molecule has 0 aliphatic heterocycles. The molecule has 0 amide bonds. The number of hydrogen-bond donors (Lipinski definition) is 0. The lowest BCUT2D eigenvalue weighted by Gasteiger charge is -1.97. The molecule has 0 fully saturated rings. The summed E-state index contributed by atoms with van der Waals surface area (Å²) in [7, 11) is -3.00. The highest BCUT2D eigenvalue weighted by atomic mass is 79.9. The highest BCUT2D eigenvalue weighted by molar-refractivity contribution is 9.10. The van der Waals surface area contributed by atoms with Gasteiger partial charge in [0.05, 0.1) is 22.2 Å². The first-order valence-corrected chi connectivity index (χ1v) is 3.34. The van der Waals surface area contributed by atoms with Gasteiger partial charge in [-0.05, 0) is 18.1 Å². The van der Waals surface area contributed by atoms with Gasteiger partial charge in [0.2, 0.25) is 0 Å². The van der Waals surface area contributed by atoms with Crippen LogP contribution < -0.4 is 0 Å². The van der Waals surface area contributed by atoms with Gasteiger partial charge in [0.25, 0.3) is 0 Å². The molecule has 0 atom stereocenters. The average Bonchev–Trinajstić information content (AvgIpc) is 2.21. The number of rotatable bonds is 1. The van der Waals surface area contributed by atoms with Gasteiger partial charge in [0.1, 0.15) is 0 Å². The summed E-state index contributed by atoms with van der Waals surface area (Å²) in [6.07, 6.45) is 0. The Kier molecular flexibility index (Phi) is 0.931. The maximum absolute atomic E-state index is 11.5. The van der Waals surface area contributed by atoms with Crippen LogP contribution in [0.3, 0.4) is 0 Å². The van der Waals surface area contributed by atoms with Crippen molar-refractivity contribution in [3.8, 4) is 0 Å². The van der Waals surface area contributed by atoms with Crippen molar-refractivity contribution in [3.05, 3.63) is 34.2 Å². The molecule has 0 aliphatic rings. The molecule has 1 rings (SSSR count). The summed E-state index contributed by atoms with van der Waals surface area (Å²) >= 11 is 2.84. The minimum Gasteiger partial charge on any atom is -0.465 e. The third-order valence-electron chi connectivity index (χ3n) is 0.891. The lowest BCUT2D eigenvalue weighted by atomic mass is 10.2. The zero-order valence-corrected chi connectivity index (χ0v) is 6.78. The number of halogens is 1. The average molecular weight is 222 g/mol. The lowest BCUT2D eigenvalue weighted by molar-refractivity contribution is 0.0600. The van der Waals surface area contributed by atoms with Crippen LogP contribution in [0, 0.1) is 0 Å². The monoisotopic (exact) mass is 221 g/mol. The molecule has 0 aliphatic carbocycles. The second-order valence-electron chi connectivity index (χ2n) is 1.58. The van der Waals surface area contributed by atoms with E-state index in [4.69, 9.17) is 9.60 Å². The van der Waals surface area contributed by atoms with Crippen LogP contribution in [0.5, 0.6) is 0 Å². The number of carbonyl (C=O) groups excluding carboxylic acids is 1. The van der Waals surface area contributed by atoms with Crippen LogP contribution in [-0.4, -0.2) is 13.0 Å². The van der Waals surface area contributed by atoms with E-state index in [0.29, 0.717) is 0 Å². The van der Waals surface area contributed by atoms with Gasteiger partial charge in [0.15, 0.2) is 0 Å². The van der Waals surface area contributed by atoms with Crippen molar-refractivity contribution >= 4 is 21.9 Å². The SMILES string of the molecule is [2H]c1c([2H])c(Br)c([2H])c(C(=O)OC([2H])([2H])[2H])c1[2H]. The fraction of sp³-hybridized carbons (Fsp3) is 0.125. The molecule has 0 heterocycles. The smallest absolute Gasteiger partial charge is 0.337 e. The molecule has 11 heavy (non-hydrogen) atoms. The summed E-state index contributed by atoms with van der Waals surface area (Å²) in [5, 5.41) is 0. The highest BCUT2D eigenvalue weighted by Gasteiger charge is 2.03. The van der Waals surface area contributed by atoms with E-state index < -0.39 is 42.7 Å². The quantitative estimate of drug-likeness (QED) is 0.681. The van der Waals surface area contributed by atoms with Gasteiger partial charge >= 0.3 is 5.97 Å². The first-order valence-electron chi connectivity index (χ1n) is 6.05. The Morgan fingerprint density at radius 1 is 1.82 bits per heavy atom. The molecule has 3 heteroatoms. The Morgan fingerprint density at radius 2 is 2.64 bits per heavy atom. The van der Waals surface area contributed by atoms with E-state index in [0.717, 1.165) is 0 Å². The Balaban J connectivity index is 3.38. The van der Waals surface area contributed by atoms with Crippen LogP contribution in [0.15, 0.2) is 28.6 Å². The lowest BCUT2D eigenvalue weighted by Crippen LogP contribution is -2.00. The molecule has 0 aromatic heterocycles. The van der Waals surface area contributed by atoms with Gasteiger partial charge in [-0.1, -0.05) is 22.0 Å². The number of methoxy groups -OCH3 is 1. The van der Waals surface area contributed by atoms with Gasteiger partial charge in [-0.3, -0.25) is 0 Å². The summed E-state index contributed by atoms with van der Waals surface area (Å²) in [4.78, 5) is 11.5. The van der Waals surface area contributed by atoms with Gasteiger partial charge in [-0.15, -0.1) is 0 Å². The third-order valence-corrected chi connectivity index (χ3v) is 1.29. The van der Waals surface area contributed by atoms with E-state index in [1.165, 1.54) is 0 Å². The molecule has 0 N–H and O–H groups in total. The van der Waals surface area contributed by atoms with E-state index in [9.17, 15) is 4.79 Å². The van der Waals surface area contributed by atoms with Crippen molar-refractivity contribution in [1.29, 1.82) is 0 Å². The van der Waals surface area contributed by atoms with Gasteiger partial charge < -0.3 is 4.74 Å². The minimum absolute atomic E-state index is 0.166. The van der Waals surface area contributed by atoms with Crippen molar-refractivity contribution in [2.75, 3.05) is 7.04 Å². The summed E-state index contributed by atoms with van der Waals surface area (Å²) in [5.74, 6) is -1.39. The fourth-order valence-electron chi connectivity index (χ4n) is 0.474. The summed E-state index contributed by atoms with van der Waals surface area (Å²) < 4.78 is 54.1. The van der Waals surface area contributed by atoms with Crippen LogP contribution in [0.1, 0.15) is 20.0 Å². The molecule has 0 saturated carbocycles. The van der Waals surface area contributed by atoms with Crippen molar-refractivity contribution in [2.45, 2.75) is 0 Å². The van der Waals surface area contributed by atoms with Crippen molar-refractivity contribution in [1.82, 2.24) is 0 Å². The number of ether oxygens (including phenoxy) is 1. The van der Waals surface area contributed by atoms with E-state index in [2.05, 4.69) is 20.7 Å². The summed E-state index contributed by atoms with van der Waals surface area (Å²) in [6.45, 7) is 0. The fourth-order valence-corrected chi connectivity index (χ4v) is 0.771. The first-order chi connectivity index (χ1) is 8.06. The molecule has 0 spiro atoms. The maximum atomic E-state index is 11.5. The Morgan fingerprint density at radius 3 is 3.36 bits per heavy atom. The summed E-state index contributed by atoms with van der Waals surface area (Å²) in [5.41, 5.74) is -0.654. The van der Waals surface area contributed by atoms with E-state index in [1.807, 2.05) is 0 Å². The van der Waals surface area contributed by atoms with E-state index in [-0.39, 0.29) is 4.47 Å². The molecule has 58 valence electrons. The van der Waals surface area contributed by atoms with Crippen LogP contribution >= 0.6 is 15.9 Å². The number of esters is 1. The topological polar surface area (TPSA) is 26.3 Å². The number of hydrogen-bond acceptors (Lipinski definition) is 2. The van der Waals surface area contributed by atoms with Crippen LogP contribution in [0.25, 0.3) is 0 Å². The molecule has 1 aromatic carbocycles. The highest BCUT2D eigenvalue weighted by Crippen LogP contribution is 2.11. The van der Waals surface area contributed by atoms with Crippen molar-refractivity contribution in [2.24, 2.45) is 0 Å². The van der Waals surface area contributed by atoms with E-state index >= 15 is 0 Å². The normalized spacial score (nSPS) is 19.5. The molecule has 0 radical (unpaired) electrons. The molecule has 0 bridgehead atoms. The molecule has 0 saturated heterocycles. The van der Waals surface area contributed by atoms with Crippen molar-refractivity contribution in [3.63, 3.8) is 0 Å². The predicted molar refractivity (Wildman–Crippen MR) is 45.5 cm³/mol. The molecule has 2 nitrogen and oxygen atoms in total. The third kappa shape index (κ3) is 2.05.